The molecular formula is C11H14N4O. The Morgan fingerprint density at radius 3 is 2.75 bits per heavy atom. The summed E-state index contributed by atoms with van der Waals surface area (Å²) in [6, 6.07) is 1.91. The molecular weight excluding hydrogens is 204 g/mol. The molecule has 2 aromatic rings. The maximum atomic E-state index is 4.98. The predicted molar refractivity (Wildman–Crippen MR) is 62.2 cm³/mol. The van der Waals surface area contributed by atoms with Gasteiger partial charge in [-0.15, -0.1) is 0 Å². The Labute approximate surface area is 93.9 Å². The van der Waals surface area contributed by atoms with Crippen LogP contribution < -0.4 is 10.6 Å². The number of aromatic nitrogens is 2. The maximum absolute atomic E-state index is 4.98. The highest BCUT2D eigenvalue weighted by Gasteiger charge is 1.98. The molecule has 0 aliphatic rings. The van der Waals surface area contributed by atoms with Crippen molar-refractivity contribution in [2.45, 2.75) is 13.5 Å². The molecule has 0 saturated carbocycles. The number of furan rings is 1. The van der Waals surface area contributed by atoms with Gasteiger partial charge >= 0.3 is 0 Å². The summed E-state index contributed by atoms with van der Waals surface area (Å²) in [4.78, 5) is 8.44. The first kappa shape index (κ1) is 10.5. The van der Waals surface area contributed by atoms with E-state index in [9.17, 15) is 0 Å². The summed E-state index contributed by atoms with van der Waals surface area (Å²) in [6.45, 7) is 3.54. The highest BCUT2D eigenvalue weighted by atomic mass is 16.3. The molecule has 0 radical (unpaired) electrons. The third kappa shape index (κ3) is 2.73. The first-order chi connectivity index (χ1) is 7.88. The molecule has 2 aromatic heterocycles. The molecule has 2 rings (SSSR count). The zero-order chi connectivity index (χ0) is 11.2. The van der Waals surface area contributed by atoms with Crippen LogP contribution in [0.15, 0.2) is 35.4 Å². The summed E-state index contributed by atoms with van der Waals surface area (Å²) in [5, 5.41) is 6.28. The van der Waals surface area contributed by atoms with E-state index in [0.29, 0.717) is 6.54 Å². The molecule has 0 atom stereocenters. The van der Waals surface area contributed by atoms with Crippen LogP contribution in [-0.4, -0.2) is 16.5 Å². The number of hydrogen-bond donors (Lipinski definition) is 2. The number of hydrogen-bond acceptors (Lipinski definition) is 5. The van der Waals surface area contributed by atoms with Crippen LogP contribution >= 0.6 is 0 Å². The minimum absolute atomic E-state index is 0.681. The Morgan fingerprint density at radius 1 is 1.25 bits per heavy atom. The summed E-state index contributed by atoms with van der Waals surface area (Å²) in [5.74, 6) is 1.53. The van der Waals surface area contributed by atoms with Gasteiger partial charge in [0.1, 0.15) is 11.6 Å². The minimum atomic E-state index is 0.681. The molecule has 0 amide bonds. The number of anilines is 2. The van der Waals surface area contributed by atoms with E-state index in [0.717, 1.165) is 23.7 Å². The lowest BCUT2D eigenvalue weighted by molar-refractivity contribution is 0.564. The van der Waals surface area contributed by atoms with Gasteiger partial charge in [-0.2, -0.15) is 0 Å². The summed E-state index contributed by atoms with van der Waals surface area (Å²) < 4.78 is 4.98. The van der Waals surface area contributed by atoms with E-state index in [1.165, 1.54) is 0 Å². The number of nitrogens with one attached hydrogen (secondary N) is 2. The van der Waals surface area contributed by atoms with Gasteiger partial charge in [0.05, 0.1) is 24.9 Å². The SMILES string of the molecule is CCNc1cncc(NCc2ccoc2)n1. The lowest BCUT2D eigenvalue weighted by Crippen LogP contribution is -2.04. The van der Waals surface area contributed by atoms with E-state index < -0.39 is 0 Å². The normalized spacial score (nSPS) is 10.1. The molecule has 2 heterocycles. The zero-order valence-electron chi connectivity index (χ0n) is 9.10. The molecule has 2 N–H and O–H groups in total. The van der Waals surface area contributed by atoms with Gasteiger partial charge in [0.25, 0.3) is 0 Å². The third-order valence-corrected chi connectivity index (χ3v) is 2.05. The van der Waals surface area contributed by atoms with Gasteiger partial charge in [-0.1, -0.05) is 0 Å². The topological polar surface area (TPSA) is 63.0 Å². The van der Waals surface area contributed by atoms with Crippen molar-refractivity contribution in [1.29, 1.82) is 0 Å². The fraction of sp³-hybridized carbons (Fsp3) is 0.273. The Hall–Kier alpha value is -2.04. The van der Waals surface area contributed by atoms with Crippen LogP contribution in [0.1, 0.15) is 12.5 Å². The largest absolute Gasteiger partial charge is 0.472 e. The van der Waals surface area contributed by atoms with Crippen LogP contribution in [0, 0.1) is 0 Å². The van der Waals surface area contributed by atoms with E-state index in [4.69, 9.17) is 4.42 Å². The van der Waals surface area contributed by atoms with Crippen LogP contribution in [0.5, 0.6) is 0 Å². The molecule has 5 nitrogen and oxygen atoms in total. The van der Waals surface area contributed by atoms with Gasteiger partial charge < -0.3 is 15.1 Å². The average molecular weight is 218 g/mol. The van der Waals surface area contributed by atoms with E-state index in [1.54, 1.807) is 24.9 Å². The quantitative estimate of drug-likeness (QED) is 0.804. The van der Waals surface area contributed by atoms with Gasteiger partial charge in [0.15, 0.2) is 0 Å². The van der Waals surface area contributed by atoms with Crippen molar-refractivity contribution in [2.24, 2.45) is 0 Å². The lowest BCUT2D eigenvalue weighted by Gasteiger charge is -2.06. The first-order valence-electron chi connectivity index (χ1n) is 5.19. The summed E-state index contributed by atoms with van der Waals surface area (Å²) in [7, 11) is 0. The number of rotatable bonds is 5. The Balaban J connectivity index is 1.96. The van der Waals surface area contributed by atoms with Crippen molar-refractivity contribution in [3.8, 4) is 0 Å². The van der Waals surface area contributed by atoms with Crippen LogP contribution in [-0.2, 0) is 6.54 Å². The maximum Gasteiger partial charge on any atom is 0.147 e. The molecule has 0 fully saturated rings. The van der Waals surface area contributed by atoms with Crippen molar-refractivity contribution in [3.05, 3.63) is 36.5 Å². The summed E-state index contributed by atoms with van der Waals surface area (Å²) >= 11 is 0. The Bertz CT molecular complexity index is 427. The second kappa shape index (κ2) is 5.16. The van der Waals surface area contributed by atoms with E-state index >= 15 is 0 Å². The molecule has 0 bridgehead atoms. The average Bonchev–Trinajstić information content (AvgIpc) is 2.80. The molecule has 0 spiro atoms. The summed E-state index contributed by atoms with van der Waals surface area (Å²) in [6.07, 6.45) is 6.75. The second-order valence-electron chi connectivity index (χ2n) is 3.31. The van der Waals surface area contributed by atoms with Crippen molar-refractivity contribution >= 4 is 11.6 Å². The van der Waals surface area contributed by atoms with Gasteiger partial charge in [-0.3, -0.25) is 4.98 Å². The van der Waals surface area contributed by atoms with Crippen molar-refractivity contribution in [1.82, 2.24) is 9.97 Å². The van der Waals surface area contributed by atoms with Gasteiger partial charge in [0, 0.05) is 18.7 Å². The van der Waals surface area contributed by atoms with E-state index in [1.807, 2.05) is 13.0 Å². The molecule has 84 valence electrons. The van der Waals surface area contributed by atoms with Gasteiger partial charge in [-0.05, 0) is 13.0 Å². The van der Waals surface area contributed by atoms with E-state index in [-0.39, 0.29) is 0 Å². The fourth-order valence-electron chi connectivity index (χ4n) is 1.30. The molecule has 0 aromatic carbocycles. The molecule has 0 saturated heterocycles. The van der Waals surface area contributed by atoms with Crippen LogP contribution in [0.25, 0.3) is 0 Å². The molecule has 5 heteroatoms. The Morgan fingerprint density at radius 2 is 2.06 bits per heavy atom. The van der Waals surface area contributed by atoms with Gasteiger partial charge in [0.2, 0.25) is 0 Å². The molecule has 16 heavy (non-hydrogen) atoms. The monoisotopic (exact) mass is 218 g/mol. The predicted octanol–water partition coefficient (Wildman–Crippen LogP) is 2.11. The smallest absolute Gasteiger partial charge is 0.147 e. The second-order valence-corrected chi connectivity index (χ2v) is 3.31. The van der Waals surface area contributed by atoms with Crippen molar-refractivity contribution in [2.75, 3.05) is 17.2 Å². The number of nitrogens with zero attached hydrogens (tertiary/aromatic N) is 2. The molecule has 0 aliphatic heterocycles. The Kier molecular flexibility index (Phi) is 3.38. The highest BCUT2D eigenvalue weighted by molar-refractivity contribution is 5.41. The van der Waals surface area contributed by atoms with Crippen molar-refractivity contribution in [3.63, 3.8) is 0 Å². The molecule has 0 unspecified atom stereocenters. The third-order valence-electron chi connectivity index (χ3n) is 2.05. The standard InChI is InChI=1S/C11H14N4O/c1-2-13-10-6-12-7-11(15-10)14-5-9-3-4-16-8-9/h3-4,6-8H,2,5H2,1H3,(H2,13,14,15). The lowest BCUT2D eigenvalue weighted by atomic mass is 10.3. The summed E-state index contributed by atoms with van der Waals surface area (Å²) in [5.41, 5.74) is 1.08. The van der Waals surface area contributed by atoms with Gasteiger partial charge in [-0.25, -0.2) is 4.98 Å². The fourth-order valence-corrected chi connectivity index (χ4v) is 1.30. The zero-order valence-corrected chi connectivity index (χ0v) is 9.10. The van der Waals surface area contributed by atoms with Crippen LogP contribution in [0.4, 0.5) is 11.6 Å². The minimum Gasteiger partial charge on any atom is -0.472 e. The van der Waals surface area contributed by atoms with E-state index in [2.05, 4.69) is 20.6 Å². The van der Waals surface area contributed by atoms with Crippen molar-refractivity contribution < 1.29 is 4.42 Å². The molecule has 0 aliphatic carbocycles. The van der Waals surface area contributed by atoms with Crippen LogP contribution in [0.2, 0.25) is 0 Å². The van der Waals surface area contributed by atoms with Crippen LogP contribution in [0.3, 0.4) is 0 Å². The highest BCUT2D eigenvalue weighted by Crippen LogP contribution is 2.08. The first-order valence-corrected chi connectivity index (χ1v) is 5.19.